The Morgan fingerprint density at radius 3 is 2.24 bits per heavy atom. The molecule has 0 aromatic heterocycles. The van der Waals surface area contributed by atoms with Gasteiger partial charge in [0.15, 0.2) is 0 Å². The molecule has 1 atom stereocenters. The predicted molar refractivity (Wildman–Crippen MR) is 95.9 cm³/mol. The van der Waals surface area contributed by atoms with E-state index in [1.807, 2.05) is 30.3 Å². The second-order valence-corrected chi connectivity index (χ2v) is 6.91. The maximum atomic E-state index is 13.8. The fraction of sp³-hybridized carbons (Fsp3) is 0.381. The standard InChI is InChI=1S/C21H24FNO2/c1-14-12-18(13-15(2)19(14)22)21(25)23-10-8-17(9-11-23)20(24)16-6-4-3-5-7-16/h3-7,12-13,17,20,24H,8-11H2,1-2H3. The first-order valence-electron chi connectivity index (χ1n) is 8.76. The fourth-order valence-electron chi connectivity index (χ4n) is 3.59. The van der Waals surface area contributed by atoms with Gasteiger partial charge in [0.2, 0.25) is 0 Å². The molecule has 4 heteroatoms. The summed E-state index contributed by atoms with van der Waals surface area (Å²) in [7, 11) is 0. The van der Waals surface area contributed by atoms with Crippen molar-refractivity contribution in [2.45, 2.75) is 32.8 Å². The molecule has 1 saturated heterocycles. The number of rotatable bonds is 3. The van der Waals surface area contributed by atoms with Gasteiger partial charge in [-0.3, -0.25) is 4.79 Å². The Kier molecular flexibility index (Phi) is 5.19. The minimum Gasteiger partial charge on any atom is -0.388 e. The van der Waals surface area contributed by atoms with Gasteiger partial charge in [0, 0.05) is 18.7 Å². The molecule has 2 aromatic rings. The van der Waals surface area contributed by atoms with Gasteiger partial charge in [0.05, 0.1) is 6.10 Å². The van der Waals surface area contributed by atoms with Crippen LogP contribution < -0.4 is 0 Å². The van der Waals surface area contributed by atoms with Crippen LogP contribution in [0.3, 0.4) is 0 Å². The number of hydrogen-bond acceptors (Lipinski definition) is 2. The Morgan fingerprint density at radius 2 is 1.68 bits per heavy atom. The molecular weight excluding hydrogens is 317 g/mol. The molecule has 1 fully saturated rings. The highest BCUT2D eigenvalue weighted by Crippen LogP contribution is 2.31. The summed E-state index contributed by atoms with van der Waals surface area (Å²) in [4.78, 5) is 14.5. The Morgan fingerprint density at radius 1 is 1.12 bits per heavy atom. The van der Waals surface area contributed by atoms with Gasteiger partial charge in [0.1, 0.15) is 5.82 Å². The number of hydrogen-bond donors (Lipinski definition) is 1. The predicted octanol–water partition coefficient (Wildman–Crippen LogP) is 4.03. The number of nitrogens with zero attached hydrogens (tertiary/aromatic N) is 1. The number of amides is 1. The first-order chi connectivity index (χ1) is 12.0. The largest absolute Gasteiger partial charge is 0.388 e. The van der Waals surface area contributed by atoms with E-state index in [0.29, 0.717) is 29.8 Å². The van der Waals surface area contributed by atoms with Crippen LogP contribution in [-0.2, 0) is 0 Å². The number of carbonyl (C=O) groups excluding carboxylic acids is 1. The molecule has 1 aliphatic heterocycles. The van der Waals surface area contributed by atoms with Crippen LogP contribution in [0.25, 0.3) is 0 Å². The maximum absolute atomic E-state index is 13.8. The zero-order chi connectivity index (χ0) is 18.0. The highest BCUT2D eigenvalue weighted by molar-refractivity contribution is 5.94. The molecule has 1 amide bonds. The number of aryl methyl sites for hydroxylation is 2. The van der Waals surface area contributed by atoms with Crippen LogP contribution in [0.1, 0.15) is 46.0 Å². The summed E-state index contributed by atoms with van der Waals surface area (Å²) in [6.07, 6.45) is 1.04. The summed E-state index contributed by atoms with van der Waals surface area (Å²) in [5.74, 6) is -0.150. The zero-order valence-corrected chi connectivity index (χ0v) is 14.7. The average Bonchev–Trinajstić information content (AvgIpc) is 2.65. The number of halogens is 1. The lowest BCUT2D eigenvalue weighted by molar-refractivity contribution is 0.0462. The molecule has 1 N–H and O–H groups in total. The molecule has 0 saturated carbocycles. The number of likely N-dealkylation sites (tertiary alicyclic amines) is 1. The monoisotopic (exact) mass is 341 g/mol. The highest BCUT2D eigenvalue weighted by atomic mass is 19.1. The Balaban J connectivity index is 1.65. The van der Waals surface area contributed by atoms with Gasteiger partial charge in [-0.1, -0.05) is 30.3 Å². The van der Waals surface area contributed by atoms with Crippen LogP contribution >= 0.6 is 0 Å². The van der Waals surface area contributed by atoms with E-state index < -0.39 is 6.10 Å². The molecule has 2 aromatic carbocycles. The van der Waals surface area contributed by atoms with Crippen molar-refractivity contribution in [2.75, 3.05) is 13.1 Å². The maximum Gasteiger partial charge on any atom is 0.253 e. The molecule has 1 aliphatic rings. The quantitative estimate of drug-likeness (QED) is 0.916. The van der Waals surface area contributed by atoms with Gasteiger partial charge < -0.3 is 10.0 Å². The Hall–Kier alpha value is -2.20. The first kappa shape index (κ1) is 17.6. The van der Waals surface area contributed by atoms with Crippen LogP contribution in [0.2, 0.25) is 0 Å². The SMILES string of the molecule is Cc1cc(C(=O)N2CCC(C(O)c3ccccc3)CC2)cc(C)c1F. The van der Waals surface area contributed by atoms with Crippen LogP contribution in [0.5, 0.6) is 0 Å². The van der Waals surface area contributed by atoms with Crippen LogP contribution in [0, 0.1) is 25.6 Å². The first-order valence-corrected chi connectivity index (χ1v) is 8.76. The fourth-order valence-corrected chi connectivity index (χ4v) is 3.59. The summed E-state index contributed by atoms with van der Waals surface area (Å²) in [5.41, 5.74) is 2.46. The van der Waals surface area contributed by atoms with Crippen molar-refractivity contribution in [3.8, 4) is 0 Å². The van der Waals surface area contributed by atoms with Crippen molar-refractivity contribution in [1.29, 1.82) is 0 Å². The van der Waals surface area contributed by atoms with E-state index >= 15 is 0 Å². The molecule has 25 heavy (non-hydrogen) atoms. The van der Waals surface area contributed by atoms with Crippen LogP contribution in [0.15, 0.2) is 42.5 Å². The van der Waals surface area contributed by atoms with Gasteiger partial charge in [-0.05, 0) is 61.4 Å². The third-order valence-electron chi connectivity index (χ3n) is 5.10. The molecule has 1 heterocycles. The molecule has 0 radical (unpaired) electrons. The van der Waals surface area contributed by atoms with E-state index in [9.17, 15) is 14.3 Å². The number of aliphatic hydroxyl groups excluding tert-OH is 1. The number of carbonyl (C=O) groups is 1. The summed E-state index contributed by atoms with van der Waals surface area (Å²) in [5, 5.41) is 10.5. The molecule has 1 unspecified atom stereocenters. The summed E-state index contributed by atoms with van der Waals surface area (Å²) < 4.78 is 13.8. The summed E-state index contributed by atoms with van der Waals surface area (Å²) in [6.45, 7) is 4.59. The van der Waals surface area contributed by atoms with Gasteiger partial charge in [-0.15, -0.1) is 0 Å². The topological polar surface area (TPSA) is 40.5 Å². The van der Waals surface area contributed by atoms with E-state index in [1.54, 1.807) is 30.9 Å². The number of piperidine rings is 1. The lowest BCUT2D eigenvalue weighted by Gasteiger charge is -2.34. The smallest absolute Gasteiger partial charge is 0.253 e. The van der Waals surface area contributed by atoms with Crippen molar-refractivity contribution < 1.29 is 14.3 Å². The van der Waals surface area contributed by atoms with Crippen LogP contribution in [0.4, 0.5) is 4.39 Å². The molecule has 3 rings (SSSR count). The van der Waals surface area contributed by atoms with Gasteiger partial charge >= 0.3 is 0 Å². The van der Waals surface area contributed by atoms with Crippen molar-refractivity contribution >= 4 is 5.91 Å². The van der Waals surface area contributed by atoms with E-state index in [1.165, 1.54) is 0 Å². The molecule has 0 aliphatic carbocycles. The molecule has 3 nitrogen and oxygen atoms in total. The number of aliphatic hydroxyl groups is 1. The van der Waals surface area contributed by atoms with E-state index in [4.69, 9.17) is 0 Å². The zero-order valence-electron chi connectivity index (χ0n) is 14.7. The lowest BCUT2D eigenvalue weighted by atomic mass is 9.87. The lowest BCUT2D eigenvalue weighted by Crippen LogP contribution is -2.39. The molecule has 0 spiro atoms. The van der Waals surface area contributed by atoms with Crippen molar-refractivity contribution in [1.82, 2.24) is 4.90 Å². The normalized spacial score (nSPS) is 16.7. The minimum absolute atomic E-state index is 0.0566. The van der Waals surface area contributed by atoms with Crippen molar-refractivity contribution in [3.63, 3.8) is 0 Å². The molecule has 132 valence electrons. The average molecular weight is 341 g/mol. The second kappa shape index (κ2) is 7.36. The molecular formula is C21H24FNO2. The van der Waals surface area contributed by atoms with Gasteiger partial charge in [-0.2, -0.15) is 0 Å². The Labute approximate surface area is 148 Å². The van der Waals surface area contributed by atoms with Gasteiger partial charge in [-0.25, -0.2) is 4.39 Å². The third-order valence-corrected chi connectivity index (χ3v) is 5.10. The minimum atomic E-state index is -0.492. The van der Waals surface area contributed by atoms with Gasteiger partial charge in [0.25, 0.3) is 5.91 Å². The van der Waals surface area contributed by atoms with Crippen molar-refractivity contribution in [3.05, 3.63) is 70.5 Å². The highest BCUT2D eigenvalue weighted by Gasteiger charge is 2.29. The molecule has 0 bridgehead atoms. The number of benzene rings is 2. The summed E-state index contributed by atoms with van der Waals surface area (Å²) in [6, 6.07) is 12.9. The van der Waals surface area contributed by atoms with E-state index in [2.05, 4.69) is 0 Å². The second-order valence-electron chi connectivity index (χ2n) is 6.91. The van der Waals surface area contributed by atoms with E-state index in [-0.39, 0.29) is 17.6 Å². The van der Waals surface area contributed by atoms with Crippen molar-refractivity contribution in [2.24, 2.45) is 5.92 Å². The summed E-state index contributed by atoms with van der Waals surface area (Å²) >= 11 is 0. The van der Waals surface area contributed by atoms with Crippen LogP contribution in [-0.4, -0.2) is 29.0 Å². The third kappa shape index (κ3) is 3.74. The Bertz CT molecular complexity index is 729. The van der Waals surface area contributed by atoms with E-state index in [0.717, 1.165) is 18.4 Å².